The number of aromatic nitrogens is 3. The number of H-pyrrole nitrogens is 2. The van der Waals surface area contributed by atoms with E-state index < -0.39 is 17.2 Å². The first kappa shape index (κ1) is 15.2. The fourth-order valence-corrected chi connectivity index (χ4v) is 3.21. The van der Waals surface area contributed by atoms with Crippen molar-refractivity contribution >= 4 is 5.91 Å². The number of carbonyl (C=O) groups is 1. The normalized spacial score (nSPS) is 20.7. The maximum atomic E-state index is 12.7. The van der Waals surface area contributed by atoms with Crippen molar-refractivity contribution in [3.63, 3.8) is 0 Å². The minimum atomic E-state index is -0.757. The second-order valence-corrected chi connectivity index (χ2v) is 6.08. The van der Waals surface area contributed by atoms with Gasteiger partial charge in [-0.2, -0.15) is 5.10 Å². The van der Waals surface area contributed by atoms with Crippen molar-refractivity contribution in [1.82, 2.24) is 20.1 Å². The lowest BCUT2D eigenvalue weighted by Gasteiger charge is -2.35. The van der Waals surface area contributed by atoms with Crippen LogP contribution in [-0.2, 0) is 6.42 Å². The van der Waals surface area contributed by atoms with Gasteiger partial charge >= 0.3 is 5.69 Å². The average Bonchev–Trinajstić information content (AvgIpc) is 2.89. The maximum Gasteiger partial charge on any atom is 0.342 e. The SMILES string of the molecule is CC1(Cc2ccccc2)CCCN1C(=O)c1n[nH]c(=O)[nH]c1=O. The molecule has 1 atom stereocenters. The molecule has 0 saturated carbocycles. The first-order chi connectivity index (χ1) is 11.0. The third-order valence-electron chi connectivity index (χ3n) is 4.34. The summed E-state index contributed by atoms with van der Waals surface area (Å²) < 4.78 is 0. The summed E-state index contributed by atoms with van der Waals surface area (Å²) in [5.41, 5.74) is -0.987. The number of hydrogen-bond donors (Lipinski definition) is 2. The summed E-state index contributed by atoms with van der Waals surface area (Å²) in [5, 5.41) is 5.74. The number of likely N-dealkylation sites (tertiary alicyclic amines) is 1. The molecule has 1 fully saturated rings. The summed E-state index contributed by atoms with van der Waals surface area (Å²) in [7, 11) is 0. The van der Waals surface area contributed by atoms with Gasteiger partial charge in [-0.3, -0.25) is 14.6 Å². The van der Waals surface area contributed by atoms with Gasteiger partial charge < -0.3 is 4.90 Å². The maximum absolute atomic E-state index is 12.7. The Kier molecular flexibility index (Phi) is 3.85. The van der Waals surface area contributed by atoms with Gasteiger partial charge in [0.2, 0.25) is 5.69 Å². The van der Waals surface area contributed by atoms with Crippen LogP contribution >= 0.6 is 0 Å². The largest absolute Gasteiger partial charge is 0.342 e. The third-order valence-corrected chi connectivity index (χ3v) is 4.34. The van der Waals surface area contributed by atoms with Crippen LogP contribution in [0.1, 0.15) is 35.8 Å². The van der Waals surface area contributed by atoms with Crippen molar-refractivity contribution in [3.05, 3.63) is 62.4 Å². The quantitative estimate of drug-likeness (QED) is 0.871. The predicted octanol–water partition coefficient (Wildman–Crippen LogP) is 0.696. The highest BCUT2D eigenvalue weighted by atomic mass is 16.2. The van der Waals surface area contributed by atoms with Crippen LogP contribution in [0.3, 0.4) is 0 Å². The lowest BCUT2D eigenvalue weighted by molar-refractivity contribution is 0.0614. The van der Waals surface area contributed by atoms with E-state index in [1.807, 2.05) is 42.2 Å². The van der Waals surface area contributed by atoms with E-state index in [2.05, 4.69) is 10.2 Å². The van der Waals surface area contributed by atoms with E-state index in [-0.39, 0.29) is 11.2 Å². The van der Waals surface area contributed by atoms with Gasteiger partial charge in [0.25, 0.3) is 11.5 Å². The Balaban J connectivity index is 1.90. The van der Waals surface area contributed by atoms with E-state index in [4.69, 9.17) is 0 Å². The molecular weight excluding hydrogens is 296 g/mol. The summed E-state index contributed by atoms with van der Waals surface area (Å²) in [6.07, 6.45) is 2.44. The molecular formula is C16H18N4O3. The first-order valence-corrected chi connectivity index (χ1v) is 7.54. The summed E-state index contributed by atoms with van der Waals surface area (Å²) in [4.78, 5) is 39.3. The molecule has 1 aromatic heterocycles. The van der Waals surface area contributed by atoms with Gasteiger partial charge in [-0.05, 0) is 31.7 Å². The summed E-state index contributed by atoms with van der Waals surface area (Å²) in [6, 6.07) is 9.93. The second kappa shape index (κ2) is 5.83. The molecule has 0 spiro atoms. The fourth-order valence-electron chi connectivity index (χ4n) is 3.21. The van der Waals surface area contributed by atoms with Crippen LogP contribution < -0.4 is 11.2 Å². The van der Waals surface area contributed by atoms with E-state index in [0.29, 0.717) is 13.0 Å². The Morgan fingerprint density at radius 3 is 2.74 bits per heavy atom. The molecule has 0 bridgehead atoms. The Hall–Kier alpha value is -2.70. The molecule has 7 heteroatoms. The molecule has 7 nitrogen and oxygen atoms in total. The molecule has 23 heavy (non-hydrogen) atoms. The monoisotopic (exact) mass is 314 g/mol. The fraction of sp³-hybridized carbons (Fsp3) is 0.375. The highest BCUT2D eigenvalue weighted by Crippen LogP contribution is 2.33. The lowest BCUT2D eigenvalue weighted by atomic mass is 9.90. The highest BCUT2D eigenvalue weighted by molar-refractivity contribution is 5.92. The van der Waals surface area contributed by atoms with Gasteiger partial charge in [-0.25, -0.2) is 9.89 Å². The predicted molar refractivity (Wildman–Crippen MR) is 84.3 cm³/mol. The number of benzene rings is 1. The zero-order chi connectivity index (χ0) is 16.4. The van der Waals surface area contributed by atoms with Gasteiger partial charge in [-0.15, -0.1) is 0 Å². The Morgan fingerprint density at radius 1 is 1.30 bits per heavy atom. The molecule has 1 saturated heterocycles. The van der Waals surface area contributed by atoms with Crippen molar-refractivity contribution in [3.8, 4) is 0 Å². The zero-order valence-corrected chi connectivity index (χ0v) is 12.8. The number of hydrogen-bond acceptors (Lipinski definition) is 4. The standard InChI is InChI=1S/C16H18N4O3/c1-16(10-11-6-3-2-4-7-11)8-5-9-20(16)14(22)12-13(21)17-15(23)19-18-12/h2-4,6-7H,5,8-10H2,1H3,(H2,17,19,21,23). The summed E-state index contributed by atoms with van der Waals surface area (Å²) in [5.74, 6) is -0.446. The third kappa shape index (κ3) is 2.94. The van der Waals surface area contributed by atoms with Crippen molar-refractivity contribution < 1.29 is 4.79 Å². The van der Waals surface area contributed by atoms with E-state index in [9.17, 15) is 14.4 Å². The van der Waals surface area contributed by atoms with E-state index in [1.165, 1.54) is 0 Å². The number of nitrogens with one attached hydrogen (secondary N) is 2. The van der Waals surface area contributed by atoms with Crippen LogP contribution in [0.2, 0.25) is 0 Å². The molecule has 1 aliphatic heterocycles. The number of rotatable bonds is 3. The topological polar surface area (TPSA) is 98.9 Å². The smallest absolute Gasteiger partial charge is 0.331 e. The first-order valence-electron chi connectivity index (χ1n) is 7.54. The van der Waals surface area contributed by atoms with E-state index in [0.717, 1.165) is 18.4 Å². The van der Waals surface area contributed by atoms with Crippen LogP contribution in [0.15, 0.2) is 39.9 Å². The Morgan fingerprint density at radius 2 is 2.04 bits per heavy atom. The van der Waals surface area contributed by atoms with Crippen LogP contribution in [0.25, 0.3) is 0 Å². The highest BCUT2D eigenvalue weighted by Gasteiger charge is 2.41. The number of carbonyl (C=O) groups excluding carboxylic acids is 1. The van der Waals surface area contributed by atoms with Gasteiger partial charge in [0.05, 0.1) is 0 Å². The van der Waals surface area contributed by atoms with Crippen LogP contribution in [0.4, 0.5) is 0 Å². The van der Waals surface area contributed by atoms with Crippen LogP contribution in [0.5, 0.6) is 0 Å². The van der Waals surface area contributed by atoms with E-state index in [1.54, 1.807) is 4.90 Å². The average molecular weight is 314 g/mol. The second-order valence-electron chi connectivity index (χ2n) is 6.08. The molecule has 2 heterocycles. The van der Waals surface area contributed by atoms with Crippen molar-refractivity contribution in [2.24, 2.45) is 0 Å². The molecule has 1 aromatic carbocycles. The molecule has 0 radical (unpaired) electrons. The van der Waals surface area contributed by atoms with Gasteiger partial charge in [0, 0.05) is 12.1 Å². The minimum absolute atomic E-state index is 0.272. The zero-order valence-electron chi connectivity index (χ0n) is 12.8. The molecule has 2 aromatic rings. The van der Waals surface area contributed by atoms with Crippen LogP contribution in [0, 0.1) is 0 Å². The van der Waals surface area contributed by atoms with Crippen molar-refractivity contribution in [2.75, 3.05) is 6.54 Å². The number of nitrogens with zero attached hydrogens (tertiary/aromatic N) is 2. The Bertz CT molecular complexity index is 827. The van der Waals surface area contributed by atoms with Gasteiger partial charge in [0.1, 0.15) is 0 Å². The van der Waals surface area contributed by atoms with Gasteiger partial charge in [0.15, 0.2) is 0 Å². The minimum Gasteiger partial charge on any atom is -0.331 e. The Labute approximate surface area is 132 Å². The summed E-state index contributed by atoms with van der Waals surface area (Å²) >= 11 is 0. The number of aromatic amines is 2. The summed E-state index contributed by atoms with van der Waals surface area (Å²) in [6.45, 7) is 2.59. The van der Waals surface area contributed by atoms with E-state index >= 15 is 0 Å². The molecule has 1 amide bonds. The van der Waals surface area contributed by atoms with Crippen LogP contribution in [-0.4, -0.2) is 38.1 Å². The molecule has 1 aliphatic rings. The lowest BCUT2D eigenvalue weighted by Crippen LogP contribution is -2.49. The molecule has 0 aliphatic carbocycles. The number of amides is 1. The molecule has 1 unspecified atom stereocenters. The molecule has 3 rings (SSSR count). The van der Waals surface area contributed by atoms with Crippen molar-refractivity contribution in [1.29, 1.82) is 0 Å². The van der Waals surface area contributed by atoms with Crippen molar-refractivity contribution in [2.45, 2.75) is 31.7 Å². The molecule has 120 valence electrons. The van der Waals surface area contributed by atoms with Gasteiger partial charge in [-0.1, -0.05) is 30.3 Å². The molecule has 2 N–H and O–H groups in total.